The highest BCUT2D eigenvalue weighted by atomic mass is 35.5. The summed E-state index contributed by atoms with van der Waals surface area (Å²) in [4.78, 5) is 8.62. The minimum absolute atomic E-state index is 0.257. The van der Waals surface area contributed by atoms with Crippen LogP contribution in [0.4, 0.5) is 0 Å². The minimum atomic E-state index is 0.257. The fraction of sp³-hybridized carbons (Fsp3) is 0.176. The molecule has 0 bridgehead atoms. The Hall–Kier alpha value is -1.84. The van der Waals surface area contributed by atoms with E-state index in [1.54, 1.807) is 0 Å². The average Bonchev–Trinajstić information content (AvgIpc) is 2.51. The first-order valence-electron chi connectivity index (χ1n) is 6.99. The van der Waals surface area contributed by atoms with Gasteiger partial charge in [-0.25, -0.2) is 9.97 Å². The van der Waals surface area contributed by atoms with Gasteiger partial charge in [-0.3, -0.25) is 0 Å². The molecule has 1 heterocycles. The van der Waals surface area contributed by atoms with E-state index in [2.05, 4.69) is 9.97 Å². The molecule has 3 aromatic rings. The lowest BCUT2D eigenvalue weighted by molar-refractivity contribution is 0.340. The molecule has 0 N–H and O–H groups in total. The van der Waals surface area contributed by atoms with E-state index in [0.29, 0.717) is 23.8 Å². The maximum atomic E-state index is 6.13. The lowest BCUT2D eigenvalue weighted by Crippen LogP contribution is -1.98. The lowest BCUT2D eigenvalue weighted by Gasteiger charge is -2.09. The Bertz CT molecular complexity index is 821. The highest BCUT2D eigenvalue weighted by molar-refractivity contribution is 6.32. The van der Waals surface area contributed by atoms with Gasteiger partial charge in [0.25, 0.3) is 0 Å². The van der Waals surface area contributed by atoms with Gasteiger partial charge in [0.15, 0.2) is 0 Å². The smallest absolute Gasteiger partial charge is 0.223 e. The van der Waals surface area contributed by atoms with Crippen LogP contribution in [0.1, 0.15) is 18.2 Å². The van der Waals surface area contributed by atoms with Gasteiger partial charge in [0.05, 0.1) is 22.8 Å². The molecule has 0 spiro atoms. The van der Waals surface area contributed by atoms with E-state index in [1.807, 2.05) is 49.4 Å². The van der Waals surface area contributed by atoms with Gasteiger partial charge in [0, 0.05) is 11.8 Å². The second-order valence-electron chi connectivity index (χ2n) is 4.83. The van der Waals surface area contributed by atoms with Gasteiger partial charge in [0.1, 0.15) is 5.75 Å². The Morgan fingerprint density at radius 1 is 1.05 bits per heavy atom. The fourth-order valence-electron chi connectivity index (χ4n) is 2.36. The zero-order chi connectivity index (χ0) is 15.5. The summed E-state index contributed by atoms with van der Waals surface area (Å²) in [6, 6.07) is 13.6. The van der Waals surface area contributed by atoms with E-state index in [9.17, 15) is 0 Å². The van der Waals surface area contributed by atoms with E-state index >= 15 is 0 Å². The minimum Gasteiger partial charge on any atom is -0.492 e. The van der Waals surface area contributed by atoms with Crippen LogP contribution in [0.5, 0.6) is 5.75 Å². The van der Waals surface area contributed by atoms with E-state index < -0.39 is 0 Å². The van der Waals surface area contributed by atoms with Gasteiger partial charge in [-0.2, -0.15) is 0 Å². The quantitative estimate of drug-likeness (QED) is 0.635. The molecule has 0 amide bonds. The van der Waals surface area contributed by atoms with Crippen LogP contribution < -0.4 is 4.74 Å². The Balaban J connectivity index is 2.01. The first kappa shape index (κ1) is 15.1. The molecule has 22 heavy (non-hydrogen) atoms. The van der Waals surface area contributed by atoms with Crippen molar-refractivity contribution in [2.24, 2.45) is 0 Å². The van der Waals surface area contributed by atoms with E-state index in [-0.39, 0.29) is 5.28 Å². The third-order valence-corrected chi connectivity index (χ3v) is 3.80. The molecule has 0 atom stereocenters. The second-order valence-corrected chi connectivity index (χ2v) is 5.58. The summed E-state index contributed by atoms with van der Waals surface area (Å²) in [5.41, 5.74) is 2.80. The number of ether oxygens (including phenoxy) is 1. The molecule has 0 radical (unpaired) electrons. The molecule has 0 aliphatic carbocycles. The molecule has 0 saturated carbocycles. The standard InChI is InChI=1S/C17H14Cl2N2O/c1-2-22-16-10-11(7-8-13(16)18)9-15-12-5-3-4-6-14(12)20-17(19)21-15/h3-8,10H,2,9H2,1H3. The highest BCUT2D eigenvalue weighted by Crippen LogP contribution is 2.27. The van der Waals surface area contributed by atoms with E-state index in [1.165, 1.54) is 0 Å². The van der Waals surface area contributed by atoms with Crippen molar-refractivity contribution in [2.45, 2.75) is 13.3 Å². The summed E-state index contributed by atoms with van der Waals surface area (Å²) in [5.74, 6) is 0.686. The number of benzene rings is 2. The molecule has 3 rings (SSSR count). The Kier molecular flexibility index (Phi) is 4.46. The molecule has 0 aliphatic rings. The maximum absolute atomic E-state index is 6.13. The molecular weight excluding hydrogens is 319 g/mol. The summed E-state index contributed by atoms with van der Waals surface area (Å²) in [7, 11) is 0. The molecule has 1 aromatic heterocycles. The van der Waals surface area contributed by atoms with Gasteiger partial charge in [0.2, 0.25) is 5.28 Å². The average molecular weight is 333 g/mol. The van der Waals surface area contributed by atoms with Gasteiger partial charge in [-0.1, -0.05) is 35.9 Å². The van der Waals surface area contributed by atoms with Crippen molar-refractivity contribution in [2.75, 3.05) is 6.61 Å². The predicted octanol–water partition coefficient (Wildman–Crippen LogP) is 4.93. The topological polar surface area (TPSA) is 35.0 Å². The lowest BCUT2D eigenvalue weighted by atomic mass is 10.1. The number of para-hydroxylation sites is 1. The van der Waals surface area contributed by atoms with Gasteiger partial charge < -0.3 is 4.74 Å². The van der Waals surface area contributed by atoms with Crippen LogP contribution in [-0.4, -0.2) is 16.6 Å². The molecule has 3 nitrogen and oxygen atoms in total. The zero-order valence-electron chi connectivity index (χ0n) is 12.0. The predicted molar refractivity (Wildman–Crippen MR) is 90.0 cm³/mol. The fourth-order valence-corrected chi connectivity index (χ4v) is 2.73. The number of aromatic nitrogens is 2. The van der Waals surface area contributed by atoms with Crippen molar-refractivity contribution in [1.29, 1.82) is 0 Å². The Morgan fingerprint density at radius 3 is 2.68 bits per heavy atom. The molecule has 0 aliphatic heterocycles. The monoisotopic (exact) mass is 332 g/mol. The van der Waals surface area contributed by atoms with Crippen molar-refractivity contribution >= 4 is 34.1 Å². The van der Waals surface area contributed by atoms with Gasteiger partial charge >= 0.3 is 0 Å². The van der Waals surface area contributed by atoms with Crippen molar-refractivity contribution in [3.05, 3.63) is 64.0 Å². The summed E-state index contributed by atoms with van der Waals surface area (Å²) < 4.78 is 5.54. The van der Waals surface area contributed by atoms with E-state index in [4.69, 9.17) is 27.9 Å². The van der Waals surface area contributed by atoms with Gasteiger partial charge in [-0.05, 0) is 42.3 Å². The second kappa shape index (κ2) is 6.51. The molecule has 0 saturated heterocycles. The van der Waals surface area contributed by atoms with E-state index in [0.717, 1.165) is 22.2 Å². The molecule has 0 unspecified atom stereocenters. The molecule has 2 aromatic carbocycles. The number of rotatable bonds is 4. The normalized spacial score (nSPS) is 10.9. The number of nitrogens with zero attached hydrogens (tertiary/aromatic N) is 2. The van der Waals surface area contributed by atoms with Crippen LogP contribution >= 0.6 is 23.2 Å². The Labute approximate surface area is 138 Å². The first-order valence-corrected chi connectivity index (χ1v) is 7.75. The molecule has 5 heteroatoms. The Morgan fingerprint density at radius 2 is 1.86 bits per heavy atom. The SMILES string of the molecule is CCOc1cc(Cc2nc(Cl)nc3ccccc23)ccc1Cl. The first-order chi connectivity index (χ1) is 10.7. The largest absolute Gasteiger partial charge is 0.492 e. The van der Waals surface area contributed by atoms with Gasteiger partial charge in [-0.15, -0.1) is 0 Å². The van der Waals surface area contributed by atoms with Crippen molar-refractivity contribution in [3.63, 3.8) is 0 Å². The molecular formula is C17H14Cl2N2O. The highest BCUT2D eigenvalue weighted by Gasteiger charge is 2.09. The summed E-state index contributed by atoms with van der Waals surface area (Å²) in [6.45, 7) is 2.51. The van der Waals surface area contributed by atoms with Crippen LogP contribution in [0.2, 0.25) is 10.3 Å². The third kappa shape index (κ3) is 3.16. The van der Waals surface area contributed by atoms with Crippen LogP contribution in [-0.2, 0) is 6.42 Å². The molecule has 112 valence electrons. The van der Waals surface area contributed by atoms with Crippen molar-refractivity contribution in [3.8, 4) is 5.75 Å². The van der Waals surface area contributed by atoms with Crippen LogP contribution in [0, 0.1) is 0 Å². The van der Waals surface area contributed by atoms with Crippen molar-refractivity contribution < 1.29 is 4.74 Å². The molecule has 0 fully saturated rings. The summed E-state index contributed by atoms with van der Waals surface area (Å²) in [6.07, 6.45) is 0.639. The summed E-state index contributed by atoms with van der Waals surface area (Å²) in [5, 5.41) is 1.86. The van der Waals surface area contributed by atoms with Crippen LogP contribution in [0.25, 0.3) is 10.9 Å². The number of fused-ring (bicyclic) bond motifs is 1. The van der Waals surface area contributed by atoms with Crippen LogP contribution in [0.3, 0.4) is 0 Å². The summed E-state index contributed by atoms with van der Waals surface area (Å²) >= 11 is 12.2. The number of hydrogen-bond donors (Lipinski definition) is 0. The maximum Gasteiger partial charge on any atom is 0.223 e. The van der Waals surface area contributed by atoms with Crippen molar-refractivity contribution in [1.82, 2.24) is 9.97 Å². The van der Waals surface area contributed by atoms with Crippen LogP contribution in [0.15, 0.2) is 42.5 Å². The number of halogens is 2. The number of hydrogen-bond acceptors (Lipinski definition) is 3. The third-order valence-electron chi connectivity index (χ3n) is 3.32. The zero-order valence-corrected chi connectivity index (χ0v) is 13.5.